The lowest BCUT2D eigenvalue weighted by Gasteiger charge is -2.21. The number of methoxy groups -OCH3 is 3. The molecule has 2 atom stereocenters. The molecule has 4 aromatic carbocycles. The Labute approximate surface area is 264 Å². The molecule has 0 saturated heterocycles. The Hall–Kier alpha value is -5.84. The molecule has 1 aliphatic heterocycles. The molecule has 5 rings (SSSR count). The van der Waals surface area contributed by atoms with Gasteiger partial charge < -0.3 is 43.7 Å². The van der Waals surface area contributed by atoms with Gasteiger partial charge in [0.1, 0.15) is 30.8 Å². The number of phenolic OH excluding ortho intramolecular Hbond substituents is 3. The van der Waals surface area contributed by atoms with Crippen molar-refractivity contribution < 1.29 is 53.3 Å². The van der Waals surface area contributed by atoms with E-state index in [-0.39, 0.29) is 47.5 Å². The Balaban J connectivity index is 1.44. The van der Waals surface area contributed by atoms with E-state index in [1.807, 2.05) is 6.07 Å². The molecule has 11 heteroatoms. The van der Waals surface area contributed by atoms with Crippen molar-refractivity contribution in [3.8, 4) is 40.2 Å². The molecule has 1 aliphatic rings. The van der Waals surface area contributed by atoms with E-state index >= 15 is 0 Å². The van der Waals surface area contributed by atoms with Crippen LogP contribution in [0.5, 0.6) is 40.2 Å². The molecule has 0 saturated carbocycles. The second kappa shape index (κ2) is 13.9. The summed E-state index contributed by atoms with van der Waals surface area (Å²) in [6.07, 6.45) is 2.72. The molecule has 46 heavy (non-hydrogen) atoms. The normalized spacial score (nSPS) is 15.1. The van der Waals surface area contributed by atoms with Crippen molar-refractivity contribution in [2.24, 2.45) is 0 Å². The van der Waals surface area contributed by atoms with E-state index in [0.717, 1.165) is 0 Å². The van der Waals surface area contributed by atoms with Gasteiger partial charge in [-0.05, 0) is 84.4 Å². The quantitative estimate of drug-likeness (QED) is 0.174. The highest BCUT2D eigenvalue weighted by Crippen LogP contribution is 2.53. The summed E-state index contributed by atoms with van der Waals surface area (Å²) < 4.78 is 33.9. The van der Waals surface area contributed by atoms with Crippen molar-refractivity contribution in [3.05, 3.63) is 107 Å². The second-order valence-corrected chi connectivity index (χ2v) is 10.3. The smallest absolute Gasteiger partial charge is 0.338 e. The minimum atomic E-state index is -0.703. The number of benzene rings is 4. The largest absolute Gasteiger partial charge is 0.508 e. The van der Waals surface area contributed by atoms with Gasteiger partial charge in [0.05, 0.1) is 38.4 Å². The SMILES string of the molecule is COc1cc(C2Oc3c(OC)cc(C=CCOC(=O)c4ccc(O)cc4)cc3C2COC(=O)c2ccc(O)cc2)cc(OC)c1O. The van der Waals surface area contributed by atoms with E-state index in [0.29, 0.717) is 33.8 Å². The number of carbonyl (C=O) groups excluding carboxylic acids is 2. The summed E-state index contributed by atoms with van der Waals surface area (Å²) in [5.74, 6) is -0.557. The predicted molar refractivity (Wildman–Crippen MR) is 166 cm³/mol. The summed E-state index contributed by atoms with van der Waals surface area (Å²) in [7, 11) is 4.35. The lowest BCUT2D eigenvalue weighted by Crippen LogP contribution is -2.18. The Morgan fingerprint density at radius 3 is 1.83 bits per heavy atom. The van der Waals surface area contributed by atoms with E-state index < -0.39 is 24.0 Å². The lowest BCUT2D eigenvalue weighted by atomic mass is 9.90. The zero-order valence-electron chi connectivity index (χ0n) is 25.3. The Morgan fingerprint density at radius 1 is 0.739 bits per heavy atom. The number of fused-ring (bicyclic) bond motifs is 1. The maximum atomic E-state index is 12.9. The van der Waals surface area contributed by atoms with Crippen molar-refractivity contribution in [3.63, 3.8) is 0 Å². The van der Waals surface area contributed by atoms with Gasteiger partial charge in [-0.3, -0.25) is 0 Å². The van der Waals surface area contributed by atoms with E-state index in [4.69, 9.17) is 28.4 Å². The Bertz CT molecular complexity index is 1720. The first kappa shape index (κ1) is 31.6. The molecule has 2 unspecified atom stereocenters. The zero-order chi connectivity index (χ0) is 32.8. The molecule has 0 spiro atoms. The molecule has 0 amide bonds. The molecule has 3 N–H and O–H groups in total. The number of aromatic hydroxyl groups is 3. The van der Waals surface area contributed by atoms with Gasteiger partial charge in [-0.15, -0.1) is 0 Å². The Morgan fingerprint density at radius 2 is 1.28 bits per heavy atom. The van der Waals surface area contributed by atoms with Crippen LogP contribution in [0.3, 0.4) is 0 Å². The molecule has 0 aromatic heterocycles. The van der Waals surface area contributed by atoms with Gasteiger partial charge in [-0.25, -0.2) is 9.59 Å². The van der Waals surface area contributed by atoms with Crippen LogP contribution in [0.2, 0.25) is 0 Å². The van der Waals surface area contributed by atoms with Gasteiger partial charge >= 0.3 is 11.9 Å². The van der Waals surface area contributed by atoms with Gasteiger partial charge in [-0.1, -0.05) is 6.08 Å². The first-order chi connectivity index (χ1) is 22.2. The number of carbonyl (C=O) groups is 2. The molecule has 0 radical (unpaired) electrons. The third-order valence-electron chi connectivity index (χ3n) is 7.39. The van der Waals surface area contributed by atoms with E-state index in [2.05, 4.69) is 0 Å². The number of phenols is 3. The zero-order valence-corrected chi connectivity index (χ0v) is 25.3. The van der Waals surface area contributed by atoms with Gasteiger partial charge in [0.15, 0.2) is 23.0 Å². The summed E-state index contributed by atoms with van der Waals surface area (Å²) in [5.41, 5.74) is 2.55. The lowest BCUT2D eigenvalue weighted by molar-refractivity contribution is 0.0428. The van der Waals surface area contributed by atoms with Crippen molar-refractivity contribution in [2.75, 3.05) is 34.5 Å². The van der Waals surface area contributed by atoms with Gasteiger partial charge in [-0.2, -0.15) is 0 Å². The molecule has 0 fully saturated rings. The van der Waals surface area contributed by atoms with Crippen LogP contribution in [0.25, 0.3) is 6.08 Å². The first-order valence-corrected chi connectivity index (χ1v) is 14.1. The molecular formula is C35H32O11. The third-order valence-corrected chi connectivity index (χ3v) is 7.39. The molecule has 238 valence electrons. The maximum absolute atomic E-state index is 12.9. The molecule has 1 heterocycles. The fourth-order valence-electron chi connectivity index (χ4n) is 5.06. The molecule has 11 nitrogen and oxygen atoms in total. The van der Waals surface area contributed by atoms with Gasteiger partial charge in [0, 0.05) is 11.1 Å². The van der Waals surface area contributed by atoms with Crippen LogP contribution in [0.4, 0.5) is 0 Å². The molecular weight excluding hydrogens is 596 g/mol. The molecule has 0 bridgehead atoms. The number of esters is 2. The summed E-state index contributed by atoms with van der Waals surface area (Å²) in [6, 6.07) is 18.3. The number of ether oxygens (including phenoxy) is 6. The van der Waals surface area contributed by atoms with Crippen LogP contribution in [0.1, 0.15) is 49.4 Å². The molecule has 4 aromatic rings. The fraction of sp³-hybridized carbons (Fsp3) is 0.200. The predicted octanol–water partition coefficient (Wildman–Crippen LogP) is 5.77. The highest BCUT2D eigenvalue weighted by molar-refractivity contribution is 5.90. The van der Waals surface area contributed by atoms with Gasteiger partial charge in [0.25, 0.3) is 0 Å². The number of hydrogen-bond acceptors (Lipinski definition) is 11. The van der Waals surface area contributed by atoms with E-state index in [1.54, 1.807) is 30.4 Å². The van der Waals surface area contributed by atoms with Crippen molar-refractivity contribution >= 4 is 18.0 Å². The van der Waals surface area contributed by atoms with Crippen LogP contribution in [-0.2, 0) is 9.47 Å². The minimum absolute atomic E-state index is 0.0149. The highest BCUT2D eigenvalue weighted by atomic mass is 16.5. The average molecular weight is 629 g/mol. The van der Waals surface area contributed by atoms with Crippen LogP contribution >= 0.6 is 0 Å². The number of hydrogen-bond donors (Lipinski definition) is 3. The minimum Gasteiger partial charge on any atom is -0.508 e. The molecule has 0 aliphatic carbocycles. The van der Waals surface area contributed by atoms with Crippen LogP contribution in [-0.4, -0.2) is 61.8 Å². The van der Waals surface area contributed by atoms with Crippen LogP contribution < -0.4 is 18.9 Å². The highest BCUT2D eigenvalue weighted by Gasteiger charge is 2.40. The van der Waals surface area contributed by atoms with Crippen molar-refractivity contribution in [1.29, 1.82) is 0 Å². The second-order valence-electron chi connectivity index (χ2n) is 10.3. The fourth-order valence-corrected chi connectivity index (χ4v) is 5.06. The number of rotatable bonds is 11. The monoisotopic (exact) mass is 628 g/mol. The first-order valence-electron chi connectivity index (χ1n) is 14.1. The van der Waals surface area contributed by atoms with Gasteiger partial charge in [0.2, 0.25) is 5.75 Å². The van der Waals surface area contributed by atoms with Crippen LogP contribution in [0.15, 0.2) is 78.9 Å². The van der Waals surface area contributed by atoms with Crippen molar-refractivity contribution in [1.82, 2.24) is 0 Å². The van der Waals surface area contributed by atoms with Crippen LogP contribution in [0, 0.1) is 0 Å². The summed E-state index contributed by atoms with van der Waals surface area (Å²) in [6.45, 7) is -0.109. The third kappa shape index (κ3) is 6.78. The Kier molecular flexibility index (Phi) is 9.51. The maximum Gasteiger partial charge on any atom is 0.338 e. The average Bonchev–Trinajstić information content (AvgIpc) is 3.44. The topological polar surface area (TPSA) is 150 Å². The summed E-state index contributed by atoms with van der Waals surface area (Å²) in [5, 5.41) is 29.5. The van der Waals surface area contributed by atoms with E-state index in [9.17, 15) is 24.9 Å². The van der Waals surface area contributed by atoms with E-state index in [1.165, 1.54) is 69.9 Å². The van der Waals surface area contributed by atoms with Crippen molar-refractivity contribution in [2.45, 2.75) is 12.0 Å². The summed E-state index contributed by atoms with van der Waals surface area (Å²) >= 11 is 0. The standard InChI is InChI=1S/C35H32O11/c1-41-28-17-23(18-29(42-2)31(28)38)32-27(19-45-35(40)22-8-12-25(37)13-9-22)26-15-20(16-30(43-3)33(26)46-32)5-4-14-44-34(39)21-6-10-24(36)11-7-21/h4-13,15-18,27,32,36-38H,14,19H2,1-3H3. The summed E-state index contributed by atoms with van der Waals surface area (Å²) in [4.78, 5) is 25.3.